The average Bonchev–Trinajstić information content (AvgIpc) is 2.84. The fourth-order valence-electron chi connectivity index (χ4n) is 4.11. The molecule has 1 fully saturated rings. The van der Waals surface area contributed by atoms with Crippen molar-refractivity contribution in [2.45, 2.75) is 52.4 Å². The highest BCUT2D eigenvalue weighted by Crippen LogP contribution is 2.38. The van der Waals surface area contributed by atoms with Gasteiger partial charge in [0.05, 0.1) is 18.7 Å². The summed E-state index contributed by atoms with van der Waals surface area (Å²) in [5.41, 5.74) is 1.70. The first-order valence-electron chi connectivity index (χ1n) is 10.7. The quantitative estimate of drug-likeness (QED) is 0.556. The molecule has 6 nitrogen and oxygen atoms in total. The van der Waals surface area contributed by atoms with Crippen LogP contribution in [0.5, 0.6) is 0 Å². The van der Waals surface area contributed by atoms with Crippen LogP contribution in [-0.2, 0) is 22.4 Å². The van der Waals surface area contributed by atoms with Gasteiger partial charge in [-0.1, -0.05) is 13.3 Å². The highest BCUT2D eigenvalue weighted by molar-refractivity contribution is 7.17. The number of hydrogen-bond acceptors (Lipinski definition) is 6. The topological polar surface area (TPSA) is 61.9 Å². The number of carbonyl (C=O) groups is 2. The first kappa shape index (κ1) is 21.3. The molecule has 1 aromatic rings. The van der Waals surface area contributed by atoms with E-state index in [1.807, 2.05) is 6.92 Å². The SMILES string of the molecule is CCCN1CCN(CC(=O)Nc2sc3c(c2C(=O)OCC)CCCCC3)CC1. The number of fused-ring (bicyclic) bond motifs is 1. The van der Waals surface area contributed by atoms with E-state index in [1.54, 1.807) is 11.3 Å². The molecule has 0 spiro atoms. The Bertz CT molecular complexity index is 681. The number of piperazine rings is 1. The molecule has 1 amide bonds. The fraction of sp³-hybridized carbons (Fsp3) is 0.714. The molecule has 156 valence electrons. The minimum atomic E-state index is -0.301. The zero-order valence-corrected chi connectivity index (χ0v) is 18.0. The molecule has 0 unspecified atom stereocenters. The van der Waals surface area contributed by atoms with Crippen LogP contribution in [-0.4, -0.2) is 67.6 Å². The number of nitrogens with zero attached hydrogens (tertiary/aromatic N) is 2. The molecular formula is C21H33N3O3S. The highest BCUT2D eigenvalue weighted by Gasteiger charge is 2.27. The number of anilines is 1. The van der Waals surface area contributed by atoms with Crippen LogP contribution < -0.4 is 5.32 Å². The van der Waals surface area contributed by atoms with Crippen molar-refractivity contribution in [1.29, 1.82) is 0 Å². The summed E-state index contributed by atoms with van der Waals surface area (Å²) in [5.74, 6) is -0.337. The van der Waals surface area contributed by atoms with Crippen LogP contribution in [0.4, 0.5) is 5.00 Å². The second-order valence-electron chi connectivity index (χ2n) is 7.66. The number of hydrogen-bond donors (Lipinski definition) is 1. The predicted octanol–water partition coefficient (Wildman–Crippen LogP) is 3.16. The molecule has 1 N–H and O–H groups in total. The van der Waals surface area contributed by atoms with Gasteiger partial charge in [-0.25, -0.2) is 4.79 Å². The Kier molecular flexibility index (Phi) is 7.88. The monoisotopic (exact) mass is 407 g/mol. The number of esters is 1. The van der Waals surface area contributed by atoms with Gasteiger partial charge in [-0.05, 0) is 51.1 Å². The largest absolute Gasteiger partial charge is 0.462 e. The lowest BCUT2D eigenvalue weighted by atomic mass is 10.1. The van der Waals surface area contributed by atoms with Gasteiger partial charge in [0.2, 0.25) is 5.91 Å². The normalized spacial score (nSPS) is 18.4. The van der Waals surface area contributed by atoms with Gasteiger partial charge in [0.15, 0.2) is 0 Å². The van der Waals surface area contributed by atoms with Crippen LogP contribution >= 0.6 is 11.3 Å². The third-order valence-electron chi connectivity index (χ3n) is 5.53. The maximum Gasteiger partial charge on any atom is 0.341 e. The van der Waals surface area contributed by atoms with E-state index >= 15 is 0 Å². The van der Waals surface area contributed by atoms with Crippen LogP contribution in [0.2, 0.25) is 0 Å². The number of aryl methyl sites for hydroxylation is 1. The van der Waals surface area contributed by atoms with Crippen molar-refractivity contribution < 1.29 is 14.3 Å². The van der Waals surface area contributed by atoms with Crippen LogP contribution in [0.3, 0.4) is 0 Å². The first-order valence-corrected chi connectivity index (χ1v) is 11.5. The standard InChI is InChI=1S/C21H33N3O3S/c1-3-10-23-11-13-24(14-12-23)15-18(25)22-20-19(21(26)27-4-2)16-8-6-5-7-9-17(16)28-20/h3-15H2,1-2H3,(H,22,25). The molecule has 0 radical (unpaired) electrons. The van der Waals surface area contributed by atoms with Crippen LogP contribution in [0.25, 0.3) is 0 Å². The van der Waals surface area contributed by atoms with Crippen LogP contribution in [0, 0.1) is 0 Å². The maximum absolute atomic E-state index is 12.7. The summed E-state index contributed by atoms with van der Waals surface area (Å²) in [6, 6.07) is 0. The van der Waals surface area contributed by atoms with E-state index in [4.69, 9.17) is 4.74 Å². The number of rotatable bonds is 7. The lowest BCUT2D eigenvalue weighted by Crippen LogP contribution is -2.48. The molecule has 0 bridgehead atoms. The summed E-state index contributed by atoms with van der Waals surface area (Å²) < 4.78 is 5.30. The van der Waals surface area contributed by atoms with Crippen molar-refractivity contribution in [3.05, 3.63) is 16.0 Å². The van der Waals surface area contributed by atoms with E-state index in [2.05, 4.69) is 22.0 Å². The molecule has 0 saturated carbocycles. The molecule has 3 rings (SSSR count). The molecule has 1 aliphatic carbocycles. The average molecular weight is 408 g/mol. The Morgan fingerprint density at radius 1 is 1.04 bits per heavy atom. The Hall–Kier alpha value is -1.44. The molecule has 28 heavy (non-hydrogen) atoms. The Labute approximate surface area is 172 Å². The molecule has 7 heteroatoms. The van der Waals surface area contributed by atoms with Gasteiger partial charge in [-0.15, -0.1) is 11.3 Å². The van der Waals surface area contributed by atoms with Gasteiger partial charge in [0, 0.05) is 31.1 Å². The molecule has 1 saturated heterocycles. The summed E-state index contributed by atoms with van der Waals surface area (Å²) in [6.45, 7) is 9.74. The van der Waals surface area contributed by atoms with Gasteiger partial charge in [0.1, 0.15) is 5.00 Å². The first-order chi connectivity index (χ1) is 13.6. The van der Waals surface area contributed by atoms with E-state index in [0.717, 1.165) is 64.0 Å². The number of carbonyl (C=O) groups excluding carboxylic acids is 2. The highest BCUT2D eigenvalue weighted by atomic mass is 32.1. The van der Waals surface area contributed by atoms with E-state index in [-0.39, 0.29) is 11.9 Å². The van der Waals surface area contributed by atoms with Gasteiger partial charge in [-0.3, -0.25) is 9.69 Å². The molecular weight excluding hydrogens is 374 g/mol. The minimum Gasteiger partial charge on any atom is -0.462 e. The van der Waals surface area contributed by atoms with E-state index in [9.17, 15) is 9.59 Å². The summed E-state index contributed by atoms with van der Waals surface area (Å²) in [7, 11) is 0. The van der Waals surface area contributed by atoms with Crippen molar-refractivity contribution in [3.8, 4) is 0 Å². The maximum atomic E-state index is 12.7. The van der Waals surface area contributed by atoms with E-state index in [0.29, 0.717) is 23.7 Å². The molecule has 2 aliphatic rings. The summed E-state index contributed by atoms with van der Waals surface area (Å²) >= 11 is 1.57. The molecule has 0 atom stereocenters. The molecule has 0 aromatic carbocycles. The lowest BCUT2D eigenvalue weighted by Gasteiger charge is -2.34. The van der Waals surface area contributed by atoms with Crippen molar-refractivity contribution >= 4 is 28.2 Å². The van der Waals surface area contributed by atoms with Crippen molar-refractivity contribution in [2.75, 3.05) is 51.2 Å². The van der Waals surface area contributed by atoms with Crippen LogP contribution in [0.15, 0.2) is 0 Å². The third-order valence-corrected chi connectivity index (χ3v) is 6.73. The van der Waals surface area contributed by atoms with Crippen molar-refractivity contribution in [3.63, 3.8) is 0 Å². The second kappa shape index (κ2) is 10.4. The Balaban J connectivity index is 1.66. The number of thiophene rings is 1. The van der Waals surface area contributed by atoms with Gasteiger partial charge in [0.25, 0.3) is 0 Å². The Morgan fingerprint density at radius 3 is 2.46 bits per heavy atom. The molecule has 1 aromatic heterocycles. The third kappa shape index (κ3) is 5.33. The second-order valence-corrected chi connectivity index (χ2v) is 8.76. The van der Waals surface area contributed by atoms with Gasteiger partial charge < -0.3 is 15.0 Å². The van der Waals surface area contributed by atoms with E-state index < -0.39 is 0 Å². The zero-order valence-electron chi connectivity index (χ0n) is 17.2. The van der Waals surface area contributed by atoms with Crippen LogP contribution in [0.1, 0.15) is 60.3 Å². The summed E-state index contributed by atoms with van der Waals surface area (Å²) in [6.07, 6.45) is 6.48. The van der Waals surface area contributed by atoms with Gasteiger partial charge in [-0.2, -0.15) is 0 Å². The van der Waals surface area contributed by atoms with Gasteiger partial charge >= 0.3 is 5.97 Å². The Morgan fingerprint density at radius 2 is 1.75 bits per heavy atom. The fourth-order valence-corrected chi connectivity index (χ4v) is 5.40. The smallest absolute Gasteiger partial charge is 0.341 e. The van der Waals surface area contributed by atoms with Crippen molar-refractivity contribution in [1.82, 2.24) is 9.80 Å². The molecule has 1 aliphatic heterocycles. The van der Waals surface area contributed by atoms with E-state index in [1.165, 1.54) is 17.7 Å². The summed E-state index contributed by atoms with van der Waals surface area (Å²) in [4.78, 5) is 31.2. The predicted molar refractivity (Wildman–Crippen MR) is 113 cm³/mol. The summed E-state index contributed by atoms with van der Waals surface area (Å²) in [5, 5.41) is 3.72. The number of ether oxygens (including phenoxy) is 1. The number of nitrogens with one attached hydrogen (secondary N) is 1. The minimum absolute atomic E-state index is 0.0362. The molecule has 2 heterocycles. The van der Waals surface area contributed by atoms with Crippen molar-refractivity contribution in [2.24, 2.45) is 0 Å². The number of amides is 1. The lowest BCUT2D eigenvalue weighted by molar-refractivity contribution is -0.117. The zero-order chi connectivity index (χ0) is 19.9.